The van der Waals surface area contributed by atoms with Crippen molar-refractivity contribution in [2.24, 2.45) is 5.16 Å². The Balaban J connectivity index is 2.33. The van der Waals surface area contributed by atoms with Crippen molar-refractivity contribution in [3.8, 4) is 5.69 Å². The monoisotopic (exact) mass is 200 g/mol. The zero-order valence-corrected chi connectivity index (χ0v) is 8.46. The van der Waals surface area contributed by atoms with Crippen LogP contribution in [0.1, 0.15) is 11.1 Å². The van der Waals surface area contributed by atoms with Crippen LogP contribution in [-0.4, -0.2) is 16.0 Å². The van der Waals surface area contributed by atoms with Crippen molar-refractivity contribution in [3.63, 3.8) is 0 Å². The second-order valence-corrected chi connectivity index (χ2v) is 3.43. The number of hydrogen-bond donors (Lipinski definition) is 1. The van der Waals surface area contributed by atoms with Gasteiger partial charge in [0, 0.05) is 23.6 Å². The maximum Gasteiger partial charge on any atom is 0.0749 e. The van der Waals surface area contributed by atoms with E-state index in [0.29, 0.717) is 0 Å². The molecule has 2 aromatic rings. The van der Waals surface area contributed by atoms with Crippen LogP contribution < -0.4 is 0 Å². The van der Waals surface area contributed by atoms with Crippen LogP contribution in [0.5, 0.6) is 0 Å². The predicted molar refractivity (Wildman–Crippen MR) is 59.9 cm³/mol. The normalized spacial score (nSPS) is 11.0. The highest BCUT2D eigenvalue weighted by molar-refractivity contribution is 5.78. The number of hydrogen-bond acceptors (Lipinski definition) is 2. The van der Waals surface area contributed by atoms with Gasteiger partial charge in [0.25, 0.3) is 0 Å². The molecule has 3 heteroatoms. The van der Waals surface area contributed by atoms with Crippen molar-refractivity contribution in [2.75, 3.05) is 0 Å². The van der Waals surface area contributed by atoms with Gasteiger partial charge in [0.05, 0.1) is 6.21 Å². The molecule has 3 nitrogen and oxygen atoms in total. The molecule has 0 bridgehead atoms. The lowest BCUT2D eigenvalue weighted by molar-refractivity contribution is 0.322. The lowest BCUT2D eigenvalue weighted by atomic mass is 10.2. The van der Waals surface area contributed by atoms with Gasteiger partial charge in [0.15, 0.2) is 0 Å². The molecule has 0 atom stereocenters. The standard InChI is InChI=1S/C12H12N2O/c1-10-2-4-12(5-3-10)14-7-6-11(9-14)8-13-15/h2-9,15H,1H3. The number of benzene rings is 1. The summed E-state index contributed by atoms with van der Waals surface area (Å²) >= 11 is 0. The van der Waals surface area contributed by atoms with Crippen molar-refractivity contribution in [3.05, 3.63) is 53.9 Å². The Bertz CT molecular complexity index is 469. The first-order valence-corrected chi connectivity index (χ1v) is 4.72. The summed E-state index contributed by atoms with van der Waals surface area (Å²) in [5.41, 5.74) is 3.21. The van der Waals surface area contributed by atoms with Gasteiger partial charge in [-0.25, -0.2) is 0 Å². The molecule has 0 spiro atoms. The van der Waals surface area contributed by atoms with Crippen LogP contribution in [0.15, 0.2) is 47.9 Å². The van der Waals surface area contributed by atoms with Crippen LogP contribution in [0.3, 0.4) is 0 Å². The molecule has 0 aliphatic carbocycles. The third-order valence-electron chi connectivity index (χ3n) is 2.25. The highest BCUT2D eigenvalue weighted by Crippen LogP contribution is 2.10. The van der Waals surface area contributed by atoms with Crippen LogP contribution in [0.2, 0.25) is 0 Å². The van der Waals surface area contributed by atoms with Crippen LogP contribution in [0, 0.1) is 6.92 Å². The van der Waals surface area contributed by atoms with Gasteiger partial charge in [-0.2, -0.15) is 0 Å². The molecule has 1 N–H and O–H groups in total. The lowest BCUT2D eigenvalue weighted by Gasteiger charge is -2.02. The Morgan fingerprint density at radius 3 is 2.60 bits per heavy atom. The third-order valence-corrected chi connectivity index (χ3v) is 2.25. The number of nitrogens with zero attached hydrogens (tertiary/aromatic N) is 2. The predicted octanol–water partition coefficient (Wildman–Crippen LogP) is 2.59. The summed E-state index contributed by atoms with van der Waals surface area (Å²) in [6.45, 7) is 2.06. The second kappa shape index (κ2) is 4.00. The molecule has 76 valence electrons. The van der Waals surface area contributed by atoms with Gasteiger partial charge in [0.2, 0.25) is 0 Å². The van der Waals surface area contributed by atoms with E-state index >= 15 is 0 Å². The van der Waals surface area contributed by atoms with Crippen LogP contribution >= 0.6 is 0 Å². The van der Waals surface area contributed by atoms with Gasteiger partial charge in [-0.3, -0.25) is 0 Å². The molecule has 0 amide bonds. The second-order valence-electron chi connectivity index (χ2n) is 3.43. The fraction of sp³-hybridized carbons (Fsp3) is 0.0833. The molecule has 0 saturated carbocycles. The Labute approximate surface area is 88.3 Å². The summed E-state index contributed by atoms with van der Waals surface area (Å²) in [6.07, 6.45) is 5.25. The van der Waals surface area contributed by atoms with E-state index < -0.39 is 0 Å². The van der Waals surface area contributed by atoms with E-state index in [1.54, 1.807) is 0 Å². The van der Waals surface area contributed by atoms with Crippen LogP contribution in [0.4, 0.5) is 0 Å². The summed E-state index contributed by atoms with van der Waals surface area (Å²) < 4.78 is 1.98. The smallest absolute Gasteiger partial charge is 0.0749 e. The minimum absolute atomic E-state index is 0.873. The van der Waals surface area contributed by atoms with E-state index in [0.717, 1.165) is 11.3 Å². The fourth-order valence-electron chi connectivity index (χ4n) is 1.43. The summed E-state index contributed by atoms with van der Waals surface area (Å²) in [5, 5.41) is 11.4. The molecule has 0 unspecified atom stereocenters. The van der Waals surface area contributed by atoms with E-state index in [1.807, 2.05) is 23.0 Å². The number of oxime groups is 1. The molecule has 0 aliphatic heterocycles. The van der Waals surface area contributed by atoms with Gasteiger partial charge in [0.1, 0.15) is 0 Å². The zero-order chi connectivity index (χ0) is 10.7. The summed E-state index contributed by atoms with van der Waals surface area (Å²) in [7, 11) is 0. The van der Waals surface area contributed by atoms with Crippen molar-refractivity contribution in [1.29, 1.82) is 0 Å². The molecule has 0 saturated heterocycles. The molecule has 1 aromatic carbocycles. The Hall–Kier alpha value is -2.03. The van der Waals surface area contributed by atoms with Gasteiger partial charge in [-0.05, 0) is 25.1 Å². The van der Waals surface area contributed by atoms with Crippen LogP contribution in [0.25, 0.3) is 5.69 Å². The highest BCUT2D eigenvalue weighted by Gasteiger charge is 1.96. The minimum atomic E-state index is 0.873. The molecule has 0 aliphatic rings. The molecule has 0 radical (unpaired) electrons. The van der Waals surface area contributed by atoms with Crippen molar-refractivity contribution in [2.45, 2.75) is 6.92 Å². The minimum Gasteiger partial charge on any atom is -0.411 e. The molecule has 1 heterocycles. The maximum atomic E-state index is 8.40. The van der Waals surface area contributed by atoms with E-state index in [9.17, 15) is 0 Å². The van der Waals surface area contributed by atoms with E-state index in [2.05, 4.69) is 36.3 Å². The average Bonchev–Trinajstić information content (AvgIpc) is 2.68. The zero-order valence-electron chi connectivity index (χ0n) is 8.46. The number of aromatic nitrogens is 1. The van der Waals surface area contributed by atoms with E-state index in [4.69, 9.17) is 5.21 Å². The van der Waals surface area contributed by atoms with E-state index in [1.165, 1.54) is 11.8 Å². The summed E-state index contributed by atoms with van der Waals surface area (Å²) in [6, 6.07) is 10.1. The molecule has 15 heavy (non-hydrogen) atoms. The fourth-order valence-corrected chi connectivity index (χ4v) is 1.43. The highest BCUT2D eigenvalue weighted by atomic mass is 16.4. The first kappa shape index (κ1) is 9.52. The van der Waals surface area contributed by atoms with Crippen molar-refractivity contribution in [1.82, 2.24) is 4.57 Å². The average molecular weight is 200 g/mol. The Morgan fingerprint density at radius 2 is 1.93 bits per heavy atom. The molecular formula is C12H12N2O. The first-order valence-electron chi connectivity index (χ1n) is 4.72. The van der Waals surface area contributed by atoms with Gasteiger partial charge >= 0.3 is 0 Å². The molecule has 1 aromatic heterocycles. The SMILES string of the molecule is Cc1ccc(-n2ccc(C=NO)c2)cc1. The Kier molecular flexibility index (Phi) is 2.54. The van der Waals surface area contributed by atoms with E-state index in [-0.39, 0.29) is 0 Å². The Morgan fingerprint density at radius 1 is 1.20 bits per heavy atom. The van der Waals surface area contributed by atoms with Crippen molar-refractivity contribution >= 4 is 6.21 Å². The molecule has 0 fully saturated rings. The van der Waals surface area contributed by atoms with Crippen molar-refractivity contribution < 1.29 is 5.21 Å². The summed E-state index contributed by atoms with van der Waals surface area (Å²) in [5.74, 6) is 0. The van der Waals surface area contributed by atoms with Gasteiger partial charge in [-0.15, -0.1) is 0 Å². The molecular weight excluding hydrogens is 188 g/mol. The van der Waals surface area contributed by atoms with Crippen LogP contribution in [-0.2, 0) is 0 Å². The largest absolute Gasteiger partial charge is 0.411 e. The topological polar surface area (TPSA) is 37.5 Å². The number of aryl methyl sites for hydroxylation is 1. The summed E-state index contributed by atoms with van der Waals surface area (Å²) in [4.78, 5) is 0. The maximum absolute atomic E-state index is 8.40. The number of rotatable bonds is 2. The van der Waals surface area contributed by atoms with Gasteiger partial charge < -0.3 is 9.77 Å². The third kappa shape index (κ3) is 2.07. The molecule has 2 rings (SSSR count). The first-order chi connectivity index (χ1) is 7.29. The quantitative estimate of drug-likeness (QED) is 0.451. The lowest BCUT2D eigenvalue weighted by Crippen LogP contribution is -1.89. The van der Waals surface area contributed by atoms with Gasteiger partial charge in [-0.1, -0.05) is 22.9 Å².